The van der Waals surface area contributed by atoms with Crippen molar-refractivity contribution in [3.8, 4) is 11.4 Å². The lowest BCUT2D eigenvalue weighted by molar-refractivity contribution is -0.146. The predicted octanol–water partition coefficient (Wildman–Crippen LogP) is 0.970. The smallest absolute Gasteiger partial charge is 0.323 e. The summed E-state index contributed by atoms with van der Waals surface area (Å²) in [7, 11) is 0. The normalized spacial score (nSPS) is 10.8. The van der Waals surface area contributed by atoms with Crippen LogP contribution in [0.2, 0.25) is 0 Å². The van der Waals surface area contributed by atoms with Crippen LogP contribution in [0.3, 0.4) is 0 Å². The quantitative estimate of drug-likeness (QED) is 0.852. The zero-order valence-electron chi connectivity index (χ0n) is 13.3. The van der Waals surface area contributed by atoms with Gasteiger partial charge in [-0.15, -0.1) is 10.2 Å². The number of amides is 1. The number of nitrogens with zero attached hydrogens (tertiary/aromatic N) is 5. The minimum atomic E-state index is -1.06. The van der Waals surface area contributed by atoms with E-state index < -0.39 is 5.97 Å². The van der Waals surface area contributed by atoms with Crippen LogP contribution in [0.25, 0.3) is 11.4 Å². The van der Waals surface area contributed by atoms with Gasteiger partial charge in [-0.1, -0.05) is 29.8 Å². The molecule has 2 aromatic rings. The van der Waals surface area contributed by atoms with Crippen molar-refractivity contribution < 1.29 is 14.7 Å². The number of rotatable bonds is 6. The average Bonchev–Trinajstić information content (AvgIpc) is 2.93. The summed E-state index contributed by atoms with van der Waals surface area (Å²) in [6.07, 6.45) is 0. The van der Waals surface area contributed by atoms with E-state index in [1.54, 1.807) is 13.8 Å². The van der Waals surface area contributed by atoms with Crippen molar-refractivity contribution in [3.05, 3.63) is 29.8 Å². The molecule has 1 heterocycles. The molecule has 122 valence electrons. The van der Waals surface area contributed by atoms with Crippen LogP contribution in [-0.2, 0) is 16.1 Å². The molecule has 1 aromatic heterocycles. The molecule has 8 heteroatoms. The van der Waals surface area contributed by atoms with Gasteiger partial charge in [0.1, 0.15) is 13.1 Å². The first-order chi connectivity index (χ1) is 10.9. The van der Waals surface area contributed by atoms with Crippen molar-refractivity contribution in [3.63, 3.8) is 0 Å². The third-order valence-corrected chi connectivity index (χ3v) is 3.29. The molecule has 1 N–H and O–H groups in total. The molecular weight excluding hydrogens is 298 g/mol. The standard InChI is InChI=1S/C15H19N5O3/c1-10(2)19(9-14(22)23)13(21)8-20-17-15(16-18-20)12-6-4-11(3)5-7-12/h4-7,10H,8-9H2,1-3H3,(H,22,23). The lowest BCUT2D eigenvalue weighted by atomic mass is 10.1. The summed E-state index contributed by atoms with van der Waals surface area (Å²) in [4.78, 5) is 25.5. The van der Waals surface area contributed by atoms with Crippen molar-refractivity contribution in [1.29, 1.82) is 0 Å². The number of carboxylic acids is 1. The summed E-state index contributed by atoms with van der Waals surface area (Å²) in [6.45, 7) is 5.00. The second kappa shape index (κ2) is 6.99. The zero-order valence-corrected chi connectivity index (χ0v) is 13.3. The summed E-state index contributed by atoms with van der Waals surface area (Å²) in [5.41, 5.74) is 1.93. The lowest BCUT2D eigenvalue weighted by Gasteiger charge is -2.24. The fourth-order valence-electron chi connectivity index (χ4n) is 2.04. The number of carbonyl (C=O) groups excluding carboxylic acids is 1. The Bertz CT molecular complexity index is 693. The van der Waals surface area contributed by atoms with E-state index in [0.29, 0.717) is 5.82 Å². The van der Waals surface area contributed by atoms with E-state index in [-0.39, 0.29) is 25.0 Å². The van der Waals surface area contributed by atoms with Crippen molar-refractivity contribution in [2.75, 3.05) is 6.54 Å². The number of aromatic nitrogens is 4. The summed E-state index contributed by atoms with van der Waals surface area (Å²) >= 11 is 0. The third-order valence-electron chi connectivity index (χ3n) is 3.29. The van der Waals surface area contributed by atoms with E-state index in [9.17, 15) is 9.59 Å². The third kappa shape index (κ3) is 4.35. The number of carbonyl (C=O) groups is 2. The SMILES string of the molecule is Cc1ccc(-c2nnn(CC(=O)N(CC(=O)O)C(C)C)n2)cc1. The molecular formula is C15H19N5O3. The van der Waals surface area contributed by atoms with Crippen LogP contribution in [0.5, 0.6) is 0 Å². The molecule has 0 spiro atoms. The lowest BCUT2D eigenvalue weighted by Crippen LogP contribution is -2.42. The molecule has 0 aliphatic carbocycles. The van der Waals surface area contributed by atoms with Crippen molar-refractivity contribution >= 4 is 11.9 Å². The molecule has 0 radical (unpaired) electrons. The molecule has 1 amide bonds. The van der Waals surface area contributed by atoms with E-state index in [4.69, 9.17) is 5.11 Å². The topological polar surface area (TPSA) is 101 Å². The minimum Gasteiger partial charge on any atom is -0.480 e. The Morgan fingerprint density at radius 2 is 1.91 bits per heavy atom. The van der Waals surface area contributed by atoms with Gasteiger partial charge in [0.15, 0.2) is 0 Å². The van der Waals surface area contributed by atoms with E-state index in [1.165, 1.54) is 9.70 Å². The Kier molecular flexibility index (Phi) is 5.05. The first-order valence-electron chi connectivity index (χ1n) is 7.23. The molecule has 0 bridgehead atoms. The van der Waals surface area contributed by atoms with Crippen LogP contribution >= 0.6 is 0 Å². The van der Waals surface area contributed by atoms with E-state index >= 15 is 0 Å². The summed E-state index contributed by atoms with van der Waals surface area (Å²) in [5, 5.41) is 20.8. The molecule has 0 atom stereocenters. The maximum absolute atomic E-state index is 12.2. The van der Waals surface area contributed by atoms with Crippen molar-refractivity contribution in [1.82, 2.24) is 25.1 Å². The first kappa shape index (κ1) is 16.6. The monoisotopic (exact) mass is 317 g/mol. The van der Waals surface area contributed by atoms with Crippen molar-refractivity contribution in [2.24, 2.45) is 0 Å². The number of hydrogen-bond donors (Lipinski definition) is 1. The van der Waals surface area contributed by atoms with E-state index in [1.807, 2.05) is 31.2 Å². The highest BCUT2D eigenvalue weighted by Gasteiger charge is 2.21. The second-order valence-corrected chi connectivity index (χ2v) is 5.52. The maximum atomic E-state index is 12.2. The Hall–Kier alpha value is -2.77. The van der Waals surface area contributed by atoms with Gasteiger partial charge in [0.25, 0.3) is 0 Å². The van der Waals surface area contributed by atoms with Gasteiger partial charge in [0, 0.05) is 11.6 Å². The van der Waals surface area contributed by atoms with Crippen LogP contribution < -0.4 is 0 Å². The number of benzene rings is 1. The molecule has 0 unspecified atom stereocenters. The Balaban J connectivity index is 2.10. The fourth-order valence-corrected chi connectivity index (χ4v) is 2.04. The van der Waals surface area contributed by atoms with Gasteiger partial charge in [-0.05, 0) is 26.0 Å². The van der Waals surface area contributed by atoms with Crippen LogP contribution in [0, 0.1) is 6.92 Å². The second-order valence-electron chi connectivity index (χ2n) is 5.52. The summed E-state index contributed by atoms with van der Waals surface area (Å²) in [6, 6.07) is 7.41. The molecule has 0 aliphatic rings. The van der Waals surface area contributed by atoms with Crippen molar-refractivity contribution in [2.45, 2.75) is 33.4 Å². The highest BCUT2D eigenvalue weighted by atomic mass is 16.4. The first-order valence-corrected chi connectivity index (χ1v) is 7.23. The highest BCUT2D eigenvalue weighted by Crippen LogP contribution is 2.14. The van der Waals surface area contributed by atoms with Gasteiger partial charge in [0.2, 0.25) is 11.7 Å². The predicted molar refractivity (Wildman–Crippen MR) is 82.5 cm³/mol. The molecule has 0 fully saturated rings. The molecule has 8 nitrogen and oxygen atoms in total. The molecule has 1 aromatic carbocycles. The minimum absolute atomic E-state index is 0.148. The number of tetrazole rings is 1. The Morgan fingerprint density at radius 3 is 2.48 bits per heavy atom. The molecule has 23 heavy (non-hydrogen) atoms. The van der Waals surface area contributed by atoms with Gasteiger partial charge in [-0.2, -0.15) is 4.80 Å². The summed E-state index contributed by atoms with van der Waals surface area (Å²) < 4.78 is 0. The maximum Gasteiger partial charge on any atom is 0.323 e. The molecule has 2 rings (SSSR count). The number of hydrogen-bond acceptors (Lipinski definition) is 5. The number of aryl methyl sites for hydroxylation is 1. The molecule has 0 saturated carbocycles. The van der Waals surface area contributed by atoms with Crippen LogP contribution in [-0.4, -0.2) is 54.7 Å². The van der Waals surface area contributed by atoms with Gasteiger partial charge in [-0.3, -0.25) is 9.59 Å². The average molecular weight is 317 g/mol. The van der Waals surface area contributed by atoms with E-state index in [2.05, 4.69) is 15.4 Å². The molecule has 0 saturated heterocycles. The van der Waals surface area contributed by atoms with Crippen LogP contribution in [0.4, 0.5) is 0 Å². The van der Waals surface area contributed by atoms with Crippen LogP contribution in [0.15, 0.2) is 24.3 Å². The van der Waals surface area contributed by atoms with Crippen LogP contribution in [0.1, 0.15) is 19.4 Å². The van der Waals surface area contributed by atoms with E-state index in [0.717, 1.165) is 11.1 Å². The summed E-state index contributed by atoms with van der Waals surface area (Å²) in [5.74, 6) is -0.999. The highest BCUT2D eigenvalue weighted by molar-refractivity contribution is 5.81. The van der Waals surface area contributed by atoms with Gasteiger partial charge in [-0.25, -0.2) is 0 Å². The zero-order chi connectivity index (χ0) is 17.0. The molecule has 0 aliphatic heterocycles. The number of carboxylic acid groups (broad SMARTS) is 1. The van der Waals surface area contributed by atoms with Gasteiger partial charge in [0.05, 0.1) is 0 Å². The Morgan fingerprint density at radius 1 is 1.26 bits per heavy atom. The van der Waals surface area contributed by atoms with Gasteiger partial charge >= 0.3 is 5.97 Å². The van der Waals surface area contributed by atoms with Gasteiger partial charge < -0.3 is 10.0 Å². The Labute approximate surface area is 133 Å². The number of aliphatic carboxylic acids is 1. The largest absolute Gasteiger partial charge is 0.480 e. The fraction of sp³-hybridized carbons (Fsp3) is 0.400.